The molecule has 1 atom stereocenters. The van der Waals surface area contributed by atoms with Gasteiger partial charge in [-0.3, -0.25) is 4.90 Å². The van der Waals surface area contributed by atoms with Crippen LogP contribution < -0.4 is 14.2 Å². The minimum atomic E-state index is 0.290. The molecule has 26 heavy (non-hydrogen) atoms. The second kappa shape index (κ2) is 7.58. The Kier molecular flexibility index (Phi) is 5.02. The highest BCUT2D eigenvalue weighted by Crippen LogP contribution is 2.39. The van der Waals surface area contributed by atoms with Crippen LogP contribution in [0.3, 0.4) is 0 Å². The molecule has 1 saturated heterocycles. The van der Waals surface area contributed by atoms with E-state index in [-0.39, 0.29) is 6.79 Å². The number of fused-ring (bicyclic) bond motifs is 1. The van der Waals surface area contributed by atoms with Crippen LogP contribution >= 0.6 is 0 Å². The zero-order valence-electron chi connectivity index (χ0n) is 15.6. The molecule has 1 fully saturated rings. The number of piperidine rings is 1. The van der Waals surface area contributed by atoms with E-state index in [0.717, 1.165) is 49.0 Å². The van der Waals surface area contributed by atoms with E-state index in [1.807, 2.05) is 18.5 Å². The summed E-state index contributed by atoms with van der Waals surface area (Å²) in [7, 11) is 3.79. The number of likely N-dealkylation sites (tertiary alicyclic amines) is 1. The summed E-state index contributed by atoms with van der Waals surface area (Å²) in [6.07, 6.45) is 9.86. The van der Waals surface area contributed by atoms with Crippen molar-refractivity contribution in [2.75, 3.05) is 20.4 Å². The van der Waals surface area contributed by atoms with Gasteiger partial charge in [0.1, 0.15) is 11.6 Å². The predicted octanol–water partition coefficient (Wildman–Crippen LogP) is 3.14. The average Bonchev–Trinajstić information content (AvgIpc) is 3.28. The predicted molar refractivity (Wildman–Crippen MR) is 98.7 cm³/mol. The van der Waals surface area contributed by atoms with Crippen molar-refractivity contribution in [3.63, 3.8) is 0 Å². The van der Waals surface area contributed by atoms with Crippen molar-refractivity contribution in [3.8, 4) is 17.2 Å². The molecule has 3 heterocycles. The van der Waals surface area contributed by atoms with Gasteiger partial charge in [-0.2, -0.15) is 0 Å². The maximum Gasteiger partial charge on any atom is 0.231 e. The lowest BCUT2D eigenvalue weighted by molar-refractivity contribution is 0.130. The van der Waals surface area contributed by atoms with Gasteiger partial charge >= 0.3 is 0 Å². The Labute approximate surface area is 154 Å². The molecule has 0 bridgehead atoms. The molecule has 1 aromatic heterocycles. The lowest BCUT2D eigenvalue weighted by atomic mass is 9.96. The van der Waals surface area contributed by atoms with Gasteiger partial charge in [0.15, 0.2) is 11.5 Å². The van der Waals surface area contributed by atoms with E-state index in [9.17, 15) is 0 Å². The Morgan fingerprint density at radius 2 is 2.08 bits per heavy atom. The third-order valence-electron chi connectivity index (χ3n) is 5.52. The van der Waals surface area contributed by atoms with Crippen LogP contribution in [0.1, 0.15) is 37.1 Å². The molecule has 1 unspecified atom stereocenters. The first-order chi connectivity index (χ1) is 12.7. The van der Waals surface area contributed by atoms with Gasteiger partial charge in [-0.15, -0.1) is 0 Å². The van der Waals surface area contributed by atoms with Gasteiger partial charge in [-0.05, 0) is 31.9 Å². The maximum absolute atomic E-state index is 5.61. The summed E-state index contributed by atoms with van der Waals surface area (Å²) < 4.78 is 18.8. The molecule has 6 heteroatoms. The largest absolute Gasteiger partial charge is 0.496 e. The number of imidazole rings is 1. The molecule has 2 aliphatic heterocycles. The van der Waals surface area contributed by atoms with Crippen LogP contribution in [0.4, 0.5) is 0 Å². The molecule has 0 saturated carbocycles. The third kappa shape index (κ3) is 3.51. The van der Waals surface area contributed by atoms with Crippen molar-refractivity contribution in [2.45, 2.75) is 44.7 Å². The van der Waals surface area contributed by atoms with Crippen LogP contribution in [0.5, 0.6) is 17.2 Å². The van der Waals surface area contributed by atoms with E-state index in [2.05, 4.69) is 27.6 Å². The van der Waals surface area contributed by atoms with Crippen LogP contribution in [-0.4, -0.2) is 40.9 Å². The summed E-state index contributed by atoms with van der Waals surface area (Å²) in [6, 6.07) is 4.60. The van der Waals surface area contributed by atoms with E-state index in [4.69, 9.17) is 14.2 Å². The summed E-state index contributed by atoms with van der Waals surface area (Å²) in [5.41, 5.74) is 1.17. The fraction of sp³-hybridized carbons (Fsp3) is 0.550. The Bertz CT molecular complexity index is 759. The molecule has 0 aliphatic carbocycles. The first-order valence-corrected chi connectivity index (χ1v) is 9.41. The Morgan fingerprint density at radius 1 is 1.23 bits per heavy atom. The van der Waals surface area contributed by atoms with Gasteiger partial charge in [0, 0.05) is 50.1 Å². The number of ether oxygens (including phenoxy) is 3. The van der Waals surface area contributed by atoms with Crippen molar-refractivity contribution in [2.24, 2.45) is 7.05 Å². The topological polar surface area (TPSA) is 48.8 Å². The number of rotatable bonds is 6. The third-order valence-corrected chi connectivity index (χ3v) is 5.52. The number of methoxy groups -OCH3 is 1. The van der Waals surface area contributed by atoms with E-state index in [0.29, 0.717) is 6.04 Å². The van der Waals surface area contributed by atoms with Crippen molar-refractivity contribution < 1.29 is 14.2 Å². The fourth-order valence-electron chi connectivity index (χ4n) is 4.03. The van der Waals surface area contributed by atoms with Gasteiger partial charge in [0.2, 0.25) is 6.79 Å². The number of nitrogens with zero attached hydrogens (tertiary/aromatic N) is 3. The molecular weight excluding hydrogens is 330 g/mol. The number of benzene rings is 1. The van der Waals surface area contributed by atoms with Crippen LogP contribution in [-0.2, 0) is 20.0 Å². The monoisotopic (exact) mass is 357 g/mol. The van der Waals surface area contributed by atoms with Crippen LogP contribution in [0.15, 0.2) is 24.5 Å². The lowest BCUT2D eigenvalue weighted by Crippen LogP contribution is -2.39. The molecule has 0 amide bonds. The van der Waals surface area contributed by atoms with E-state index in [1.54, 1.807) is 7.11 Å². The van der Waals surface area contributed by atoms with Crippen molar-refractivity contribution in [1.82, 2.24) is 14.5 Å². The highest BCUT2D eigenvalue weighted by molar-refractivity contribution is 5.51. The number of hydrogen-bond acceptors (Lipinski definition) is 5. The van der Waals surface area contributed by atoms with Crippen LogP contribution in [0, 0.1) is 0 Å². The van der Waals surface area contributed by atoms with Crippen molar-refractivity contribution >= 4 is 0 Å². The number of hydrogen-bond donors (Lipinski definition) is 0. The van der Waals surface area contributed by atoms with Crippen LogP contribution in [0.25, 0.3) is 0 Å². The maximum atomic E-state index is 5.61. The summed E-state index contributed by atoms with van der Waals surface area (Å²) in [6.45, 7) is 2.30. The lowest BCUT2D eigenvalue weighted by Gasteiger charge is -2.36. The Hall–Kier alpha value is -2.21. The molecule has 6 nitrogen and oxygen atoms in total. The van der Waals surface area contributed by atoms with Gasteiger partial charge < -0.3 is 18.8 Å². The minimum absolute atomic E-state index is 0.290. The fourth-order valence-corrected chi connectivity index (χ4v) is 4.03. The van der Waals surface area contributed by atoms with Crippen molar-refractivity contribution in [1.29, 1.82) is 0 Å². The summed E-state index contributed by atoms with van der Waals surface area (Å²) >= 11 is 0. The van der Waals surface area contributed by atoms with Gasteiger partial charge in [-0.25, -0.2) is 4.98 Å². The van der Waals surface area contributed by atoms with Gasteiger partial charge in [0.25, 0.3) is 0 Å². The Balaban J connectivity index is 1.47. The molecule has 2 aromatic rings. The highest BCUT2D eigenvalue weighted by atomic mass is 16.7. The van der Waals surface area contributed by atoms with E-state index < -0.39 is 0 Å². The molecule has 0 N–H and O–H groups in total. The van der Waals surface area contributed by atoms with Crippen LogP contribution in [0.2, 0.25) is 0 Å². The van der Waals surface area contributed by atoms with E-state index >= 15 is 0 Å². The molecule has 0 radical (unpaired) electrons. The second-order valence-corrected chi connectivity index (χ2v) is 7.13. The van der Waals surface area contributed by atoms with Gasteiger partial charge in [-0.1, -0.05) is 6.42 Å². The number of aryl methyl sites for hydroxylation is 2. The highest BCUT2D eigenvalue weighted by Gasteiger charge is 2.25. The second-order valence-electron chi connectivity index (χ2n) is 7.13. The van der Waals surface area contributed by atoms with Gasteiger partial charge in [0.05, 0.1) is 7.11 Å². The molecule has 0 spiro atoms. The minimum Gasteiger partial charge on any atom is -0.496 e. The quantitative estimate of drug-likeness (QED) is 0.795. The molecule has 140 valence electrons. The summed E-state index contributed by atoms with van der Waals surface area (Å²) in [5.74, 6) is 3.64. The first kappa shape index (κ1) is 17.2. The molecular formula is C20H27N3O3. The normalized spacial score (nSPS) is 19.7. The molecule has 4 rings (SSSR count). The standard InChI is InChI=1S/C20H27N3O3/c1-22-10-8-21-20(22)7-6-16-5-3-4-9-23(16)13-15-11-18-19(26-14-25-18)12-17(15)24-2/h8,10-12,16H,3-7,9,13-14H2,1-2H3. The average molecular weight is 357 g/mol. The zero-order valence-corrected chi connectivity index (χ0v) is 15.6. The van der Waals surface area contributed by atoms with E-state index in [1.165, 1.54) is 24.8 Å². The number of aromatic nitrogens is 2. The zero-order chi connectivity index (χ0) is 17.9. The first-order valence-electron chi connectivity index (χ1n) is 9.41. The summed E-state index contributed by atoms with van der Waals surface area (Å²) in [4.78, 5) is 7.06. The van der Waals surface area contributed by atoms with Crippen molar-refractivity contribution in [3.05, 3.63) is 35.9 Å². The SMILES string of the molecule is COc1cc2c(cc1CN1CCCCC1CCc1nccn1C)OCO2. The molecule has 1 aromatic carbocycles. The summed E-state index contributed by atoms with van der Waals surface area (Å²) in [5, 5.41) is 0. The molecule has 2 aliphatic rings. The smallest absolute Gasteiger partial charge is 0.231 e. The Morgan fingerprint density at radius 3 is 2.85 bits per heavy atom.